The van der Waals surface area contributed by atoms with Crippen LogP contribution in [0.25, 0.3) is 0 Å². The first-order valence-electron chi connectivity index (χ1n) is 11.2. The molecule has 0 radical (unpaired) electrons. The van der Waals surface area contributed by atoms with Crippen LogP contribution in [0.4, 0.5) is 10.5 Å². The first kappa shape index (κ1) is 22.8. The standard InChI is InChI=1S/C25H34N4O2/c1-4-20-10-12-22(13-11-20)19(3)26-25(31)29-16-14-28(15-17-29)18-24(30)27-23-9-7-6-8-21(23)5-2/h6-13,19H,4-5,14-18H2,1-3H3,(H,26,31)(H,27,30). The van der Waals surface area contributed by atoms with Crippen molar-refractivity contribution in [2.45, 2.75) is 39.7 Å². The second kappa shape index (κ2) is 11.0. The molecule has 6 nitrogen and oxygen atoms in total. The molecule has 1 unspecified atom stereocenters. The fourth-order valence-corrected chi connectivity index (χ4v) is 3.85. The number of carbonyl (C=O) groups excluding carboxylic acids is 2. The highest BCUT2D eigenvalue weighted by Gasteiger charge is 2.23. The van der Waals surface area contributed by atoms with E-state index in [9.17, 15) is 9.59 Å². The molecule has 2 aromatic rings. The molecule has 3 amide bonds. The number of anilines is 1. The summed E-state index contributed by atoms with van der Waals surface area (Å²) in [5.74, 6) is -0.0112. The number of rotatable bonds is 7. The number of nitrogens with zero attached hydrogens (tertiary/aromatic N) is 2. The Morgan fingerprint density at radius 2 is 1.61 bits per heavy atom. The third-order valence-electron chi connectivity index (χ3n) is 5.93. The predicted molar refractivity (Wildman–Crippen MR) is 125 cm³/mol. The van der Waals surface area contributed by atoms with E-state index in [1.165, 1.54) is 5.56 Å². The maximum atomic E-state index is 12.7. The van der Waals surface area contributed by atoms with Crippen molar-refractivity contribution < 1.29 is 9.59 Å². The molecule has 6 heteroatoms. The van der Waals surface area contributed by atoms with Gasteiger partial charge in [-0.05, 0) is 42.5 Å². The second-order valence-electron chi connectivity index (χ2n) is 8.09. The van der Waals surface area contributed by atoms with Crippen LogP contribution in [0.5, 0.6) is 0 Å². The molecule has 1 atom stereocenters. The number of benzene rings is 2. The molecule has 1 fully saturated rings. The normalized spacial score (nSPS) is 15.4. The van der Waals surface area contributed by atoms with Crippen molar-refractivity contribution in [1.82, 2.24) is 15.1 Å². The van der Waals surface area contributed by atoms with Gasteiger partial charge >= 0.3 is 6.03 Å². The fourth-order valence-electron chi connectivity index (χ4n) is 3.85. The minimum atomic E-state index is -0.0481. The first-order valence-corrected chi connectivity index (χ1v) is 11.2. The maximum Gasteiger partial charge on any atom is 0.317 e. The number of hydrogen-bond acceptors (Lipinski definition) is 3. The van der Waals surface area contributed by atoms with E-state index in [0.29, 0.717) is 32.7 Å². The summed E-state index contributed by atoms with van der Waals surface area (Å²) in [5, 5.41) is 6.12. The van der Waals surface area contributed by atoms with Crippen molar-refractivity contribution in [2.24, 2.45) is 0 Å². The number of amides is 3. The van der Waals surface area contributed by atoms with Gasteiger partial charge in [-0.25, -0.2) is 4.79 Å². The van der Waals surface area contributed by atoms with E-state index in [1.807, 2.05) is 36.1 Å². The summed E-state index contributed by atoms with van der Waals surface area (Å²) >= 11 is 0. The molecule has 1 aliphatic rings. The van der Waals surface area contributed by atoms with Crippen LogP contribution >= 0.6 is 0 Å². The Morgan fingerprint density at radius 1 is 0.935 bits per heavy atom. The average molecular weight is 423 g/mol. The molecule has 166 valence electrons. The molecule has 0 bridgehead atoms. The highest BCUT2D eigenvalue weighted by Crippen LogP contribution is 2.16. The zero-order valence-corrected chi connectivity index (χ0v) is 18.9. The minimum absolute atomic E-state index is 0.0112. The summed E-state index contributed by atoms with van der Waals surface area (Å²) in [4.78, 5) is 29.1. The fraction of sp³-hybridized carbons (Fsp3) is 0.440. The zero-order valence-electron chi connectivity index (χ0n) is 18.9. The lowest BCUT2D eigenvalue weighted by Crippen LogP contribution is -2.53. The van der Waals surface area contributed by atoms with E-state index in [4.69, 9.17) is 0 Å². The lowest BCUT2D eigenvalue weighted by Gasteiger charge is -2.35. The Kier molecular flexibility index (Phi) is 8.06. The molecule has 2 aromatic carbocycles. The topological polar surface area (TPSA) is 64.7 Å². The molecular weight excluding hydrogens is 388 g/mol. The summed E-state index contributed by atoms with van der Waals surface area (Å²) in [7, 11) is 0. The van der Waals surface area contributed by atoms with Crippen LogP contribution in [0, 0.1) is 0 Å². The third-order valence-corrected chi connectivity index (χ3v) is 5.93. The minimum Gasteiger partial charge on any atom is -0.331 e. The van der Waals surface area contributed by atoms with Crippen molar-refractivity contribution >= 4 is 17.6 Å². The Bertz CT molecular complexity index is 873. The van der Waals surface area contributed by atoms with E-state index in [0.717, 1.165) is 29.7 Å². The molecule has 0 saturated carbocycles. The van der Waals surface area contributed by atoms with Crippen molar-refractivity contribution in [3.05, 3.63) is 65.2 Å². The maximum absolute atomic E-state index is 12.7. The lowest BCUT2D eigenvalue weighted by molar-refractivity contribution is -0.117. The summed E-state index contributed by atoms with van der Waals surface area (Å²) in [6, 6.07) is 16.2. The molecule has 1 aliphatic heterocycles. The molecular formula is C25H34N4O2. The van der Waals surface area contributed by atoms with E-state index in [1.54, 1.807) is 0 Å². The largest absolute Gasteiger partial charge is 0.331 e. The molecule has 1 heterocycles. The number of para-hydroxylation sites is 1. The van der Waals surface area contributed by atoms with Crippen LogP contribution in [0.2, 0.25) is 0 Å². The van der Waals surface area contributed by atoms with E-state index < -0.39 is 0 Å². The van der Waals surface area contributed by atoms with Crippen LogP contribution in [-0.4, -0.2) is 54.5 Å². The average Bonchev–Trinajstić information content (AvgIpc) is 2.79. The highest BCUT2D eigenvalue weighted by molar-refractivity contribution is 5.93. The van der Waals surface area contributed by atoms with Crippen molar-refractivity contribution in [2.75, 3.05) is 38.0 Å². The Balaban J connectivity index is 1.44. The first-order chi connectivity index (χ1) is 15.0. The zero-order chi connectivity index (χ0) is 22.2. The monoisotopic (exact) mass is 422 g/mol. The van der Waals surface area contributed by atoms with Gasteiger partial charge in [0.15, 0.2) is 0 Å². The molecule has 1 saturated heterocycles. The number of nitrogens with one attached hydrogen (secondary N) is 2. The SMILES string of the molecule is CCc1ccc(C(C)NC(=O)N2CCN(CC(=O)Nc3ccccc3CC)CC2)cc1. The van der Waals surface area contributed by atoms with E-state index in [-0.39, 0.29) is 18.0 Å². The molecule has 31 heavy (non-hydrogen) atoms. The van der Waals surface area contributed by atoms with Crippen molar-refractivity contribution in [3.63, 3.8) is 0 Å². The summed E-state index contributed by atoms with van der Waals surface area (Å²) in [5.41, 5.74) is 4.42. The van der Waals surface area contributed by atoms with Gasteiger partial charge in [-0.3, -0.25) is 9.69 Å². The number of urea groups is 1. The quantitative estimate of drug-likeness (QED) is 0.713. The molecule has 2 N–H and O–H groups in total. The van der Waals surface area contributed by atoms with Gasteiger partial charge in [0.1, 0.15) is 0 Å². The van der Waals surface area contributed by atoms with Crippen LogP contribution in [0.15, 0.2) is 48.5 Å². The van der Waals surface area contributed by atoms with Gasteiger partial charge in [0.05, 0.1) is 12.6 Å². The van der Waals surface area contributed by atoms with Gasteiger partial charge in [-0.2, -0.15) is 0 Å². The predicted octanol–water partition coefficient (Wildman–Crippen LogP) is 3.84. The lowest BCUT2D eigenvalue weighted by atomic mass is 10.1. The van der Waals surface area contributed by atoms with Gasteiger partial charge in [0.2, 0.25) is 5.91 Å². The Morgan fingerprint density at radius 3 is 2.26 bits per heavy atom. The number of aryl methyl sites for hydroxylation is 2. The summed E-state index contributed by atoms with van der Waals surface area (Å²) in [6.45, 7) is 9.18. The number of piperazine rings is 1. The second-order valence-corrected chi connectivity index (χ2v) is 8.09. The summed E-state index contributed by atoms with van der Waals surface area (Å²) < 4.78 is 0. The Hall–Kier alpha value is -2.86. The van der Waals surface area contributed by atoms with Gasteiger partial charge in [0, 0.05) is 31.9 Å². The third kappa shape index (κ3) is 6.31. The van der Waals surface area contributed by atoms with E-state index in [2.05, 4.69) is 53.6 Å². The van der Waals surface area contributed by atoms with Crippen molar-refractivity contribution in [1.29, 1.82) is 0 Å². The summed E-state index contributed by atoms with van der Waals surface area (Å²) in [6.07, 6.45) is 1.89. The van der Waals surface area contributed by atoms with E-state index >= 15 is 0 Å². The van der Waals surface area contributed by atoms with Crippen LogP contribution in [0.3, 0.4) is 0 Å². The molecule has 0 spiro atoms. The van der Waals surface area contributed by atoms with Gasteiger partial charge in [0.25, 0.3) is 0 Å². The molecule has 0 aromatic heterocycles. The van der Waals surface area contributed by atoms with Gasteiger partial charge in [-0.15, -0.1) is 0 Å². The Labute approximate surface area is 185 Å². The van der Waals surface area contributed by atoms with Gasteiger partial charge < -0.3 is 15.5 Å². The smallest absolute Gasteiger partial charge is 0.317 e. The van der Waals surface area contributed by atoms with Crippen LogP contribution in [0.1, 0.15) is 43.5 Å². The number of hydrogen-bond donors (Lipinski definition) is 2. The molecule has 0 aliphatic carbocycles. The van der Waals surface area contributed by atoms with Crippen LogP contribution in [-0.2, 0) is 17.6 Å². The van der Waals surface area contributed by atoms with Crippen LogP contribution < -0.4 is 10.6 Å². The highest BCUT2D eigenvalue weighted by atomic mass is 16.2. The van der Waals surface area contributed by atoms with Gasteiger partial charge in [-0.1, -0.05) is 56.3 Å². The number of carbonyl (C=O) groups is 2. The molecule has 3 rings (SSSR count). The van der Waals surface area contributed by atoms with Crippen molar-refractivity contribution in [3.8, 4) is 0 Å².